The predicted octanol–water partition coefficient (Wildman–Crippen LogP) is 3.46. The van der Waals surface area contributed by atoms with Crippen molar-refractivity contribution < 1.29 is 4.79 Å². The Hall–Kier alpha value is -2.54. The maximum atomic E-state index is 12.6. The van der Waals surface area contributed by atoms with E-state index in [0.29, 0.717) is 6.54 Å². The second-order valence-corrected chi connectivity index (χ2v) is 7.38. The Morgan fingerprint density at radius 2 is 1.96 bits per heavy atom. The molecule has 0 atom stereocenters. The highest BCUT2D eigenvalue weighted by Crippen LogP contribution is 2.19. The molecule has 0 saturated heterocycles. The number of fused-ring (bicyclic) bond motifs is 1. The fraction of sp³-hybridized carbons (Fsp3) is 0.381. The predicted molar refractivity (Wildman–Crippen MR) is 117 cm³/mol. The van der Waals surface area contributed by atoms with Crippen LogP contribution >= 0.6 is 11.8 Å². The topological polar surface area (TPSA) is 63.1 Å². The molecule has 0 aliphatic rings. The lowest BCUT2D eigenvalue weighted by molar-refractivity contribution is -0.121. The van der Waals surface area contributed by atoms with Gasteiger partial charge in [0, 0.05) is 25.8 Å². The minimum atomic E-state index is -0.0293. The van der Waals surface area contributed by atoms with Gasteiger partial charge in [0.05, 0.1) is 16.8 Å². The fourth-order valence-electron chi connectivity index (χ4n) is 3.20. The molecule has 0 fully saturated rings. The molecule has 3 aromatic rings. The zero-order valence-electron chi connectivity index (χ0n) is 16.7. The van der Waals surface area contributed by atoms with Crippen LogP contribution in [0.3, 0.4) is 0 Å². The number of pyridine rings is 1. The second kappa shape index (κ2) is 9.59. The number of amides is 1. The summed E-state index contributed by atoms with van der Waals surface area (Å²) >= 11 is 1.70. The quantitative estimate of drug-likeness (QED) is 0.599. The standard InChI is InChI=1S/C21H27N5OS/c1-4-25(5-2)19-11-10-16(12-22-19)13-23-21(27)14-26-18-9-7-6-8-17(18)24-20(26)15-28-3/h6-12H,4-5,13-15H2,1-3H3,(H,23,27). The molecule has 2 heterocycles. The number of anilines is 1. The molecule has 2 aromatic heterocycles. The highest BCUT2D eigenvalue weighted by molar-refractivity contribution is 7.97. The van der Waals surface area contributed by atoms with Crippen molar-refractivity contribution in [2.45, 2.75) is 32.7 Å². The van der Waals surface area contributed by atoms with Crippen molar-refractivity contribution in [3.8, 4) is 0 Å². The molecule has 0 unspecified atom stereocenters. The van der Waals surface area contributed by atoms with Crippen LogP contribution in [0.5, 0.6) is 0 Å². The van der Waals surface area contributed by atoms with Gasteiger partial charge in [-0.25, -0.2) is 9.97 Å². The number of hydrogen-bond acceptors (Lipinski definition) is 5. The van der Waals surface area contributed by atoms with Crippen LogP contribution in [0.4, 0.5) is 5.82 Å². The number of thioether (sulfide) groups is 1. The van der Waals surface area contributed by atoms with Gasteiger partial charge in [-0.15, -0.1) is 0 Å². The molecule has 0 aliphatic carbocycles. The molecule has 1 aromatic carbocycles. The van der Waals surface area contributed by atoms with Crippen molar-refractivity contribution in [1.82, 2.24) is 19.9 Å². The normalized spacial score (nSPS) is 11.0. The average molecular weight is 398 g/mol. The van der Waals surface area contributed by atoms with Gasteiger partial charge in [-0.1, -0.05) is 18.2 Å². The van der Waals surface area contributed by atoms with Gasteiger partial charge >= 0.3 is 0 Å². The molecule has 0 saturated carbocycles. The first-order valence-electron chi connectivity index (χ1n) is 9.55. The van der Waals surface area contributed by atoms with E-state index in [9.17, 15) is 4.79 Å². The number of nitrogens with zero attached hydrogens (tertiary/aromatic N) is 4. The number of benzene rings is 1. The molecule has 28 heavy (non-hydrogen) atoms. The van der Waals surface area contributed by atoms with Crippen molar-refractivity contribution in [1.29, 1.82) is 0 Å². The zero-order chi connectivity index (χ0) is 19.9. The molecule has 148 valence electrons. The Bertz CT molecular complexity index is 918. The number of aromatic nitrogens is 3. The van der Waals surface area contributed by atoms with Gasteiger partial charge in [0.15, 0.2) is 0 Å². The average Bonchev–Trinajstić information content (AvgIpc) is 3.06. The van der Waals surface area contributed by atoms with Crippen LogP contribution in [0.1, 0.15) is 25.2 Å². The lowest BCUT2D eigenvalue weighted by atomic mass is 10.2. The first kappa shape index (κ1) is 20.2. The monoisotopic (exact) mass is 397 g/mol. The molecule has 3 rings (SSSR count). The van der Waals surface area contributed by atoms with Crippen LogP contribution in [0.15, 0.2) is 42.6 Å². The van der Waals surface area contributed by atoms with Crippen molar-refractivity contribution in [3.05, 3.63) is 54.0 Å². The number of nitrogens with one attached hydrogen (secondary N) is 1. The van der Waals surface area contributed by atoms with E-state index in [4.69, 9.17) is 0 Å². The summed E-state index contributed by atoms with van der Waals surface area (Å²) in [6.45, 7) is 6.82. The molecule has 1 amide bonds. The van der Waals surface area contributed by atoms with Gasteiger partial charge in [-0.2, -0.15) is 11.8 Å². The van der Waals surface area contributed by atoms with Crippen LogP contribution in [0, 0.1) is 0 Å². The smallest absolute Gasteiger partial charge is 0.240 e. The van der Waals surface area contributed by atoms with Crippen LogP contribution in [-0.4, -0.2) is 39.8 Å². The molecule has 0 spiro atoms. The summed E-state index contributed by atoms with van der Waals surface area (Å²) < 4.78 is 2.00. The van der Waals surface area contributed by atoms with Crippen LogP contribution < -0.4 is 10.2 Å². The minimum absolute atomic E-state index is 0.0293. The number of para-hydroxylation sites is 2. The lowest BCUT2D eigenvalue weighted by Crippen LogP contribution is -2.28. The second-order valence-electron chi connectivity index (χ2n) is 6.51. The largest absolute Gasteiger partial charge is 0.357 e. The van der Waals surface area contributed by atoms with Gasteiger partial charge in [0.25, 0.3) is 0 Å². The fourth-order valence-corrected chi connectivity index (χ4v) is 3.68. The minimum Gasteiger partial charge on any atom is -0.357 e. The van der Waals surface area contributed by atoms with E-state index < -0.39 is 0 Å². The molecule has 1 N–H and O–H groups in total. The number of imidazole rings is 1. The maximum Gasteiger partial charge on any atom is 0.240 e. The molecule has 7 heteroatoms. The summed E-state index contributed by atoms with van der Waals surface area (Å²) in [7, 11) is 0. The summed E-state index contributed by atoms with van der Waals surface area (Å²) in [6, 6.07) is 12.0. The SMILES string of the molecule is CCN(CC)c1ccc(CNC(=O)Cn2c(CSC)nc3ccccc32)cn1. The Morgan fingerprint density at radius 1 is 1.18 bits per heavy atom. The van der Waals surface area contributed by atoms with Gasteiger partial charge in [-0.3, -0.25) is 4.79 Å². The van der Waals surface area contributed by atoms with Crippen molar-refractivity contribution >= 4 is 34.5 Å². The van der Waals surface area contributed by atoms with Crippen molar-refractivity contribution in [2.24, 2.45) is 0 Å². The Balaban J connectivity index is 1.65. The van der Waals surface area contributed by atoms with Gasteiger partial charge < -0.3 is 14.8 Å². The highest BCUT2D eigenvalue weighted by atomic mass is 32.2. The van der Waals surface area contributed by atoms with E-state index >= 15 is 0 Å². The summed E-state index contributed by atoms with van der Waals surface area (Å²) in [5, 5.41) is 3.00. The highest BCUT2D eigenvalue weighted by Gasteiger charge is 2.13. The first-order valence-corrected chi connectivity index (χ1v) is 10.9. The van der Waals surface area contributed by atoms with E-state index in [-0.39, 0.29) is 12.5 Å². The third kappa shape index (κ3) is 4.65. The van der Waals surface area contributed by atoms with E-state index in [1.54, 1.807) is 11.8 Å². The molecule has 6 nitrogen and oxygen atoms in total. The van der Waals surface area contributed by atoms with Crippen LogP contribution in [0.25, 0.3) is 11.0 Å². The van der Waals surface area contributed by atoms with Gasteiger partial charge in [-0.05, 0) is 43.9 Å². The third-order valence-electron chi connectivity index (χ3n) is 4.70. The molecular formula is C21H27N5OS. The molecule has 0 bridgehead atoms. The van der Waals surface area contributed by atoms with Gasteiger partial charge in [0.2, 0.25) is 5.91 Å². The number of carbonyl (C=O) groups is 1. The van der Waals surface area contributed by atoms with E-state index in [0.717, 1.165) is 47.1 Å². The molecular weight excluding hydrogens is 370 g/mol. The Labute approximate surface area is 170 Å². The van der Waals surface area contributed by atoms with E-state index in [2.05, 4.69) is 34.0 Å². The van der Waals surface area contributed by atoms with E-state index in [1.165, 1.54) is 0 Å². The summed E-state index contributed by atoms with van der Waals surface area (Å²) in [6.07, 6.45) is 3.87. The van der Waals surface area contributed by atoms with Gasteiger partial charge in [0.1, 0.15) is 18.2 Å². The van der Waals surface area contributed by atoms with Crippen molar-refractivity contribution in [3.63, 3.8) is 0 Å². The maximum absolute atomic E-state index is 12.6. The first-order chi connectivity index (χ1) is 13.7. The van der Waals surface area contributed by atoms with Crippen LogP contribution in [-0.2, 0) is 23.6 Å². The number of rotatable bonds is 9. The summed E-state index contributed by atoms with van der Waals surface area (Å²) in [4.78, 5) is 23.9. The molecule has 0 aliphatic heterocycles. The summed E-state index contributed by atoms with van der Waals surface area (Å²) in [5.41, 5.74) is 2.91. The van der Waals surface area contributed by atoms with Crippen molar-refractivity contribution in [2.75, 3.05) is 24.2 Å². The third-order valence-corrected chi connectivity index (χ3v) is 5.24. The number of carbonyl (C=O) groups excluding carboxylic acids is 1. The Morgan fingerprint density at radius 3 is 2.64 bits per heavy atom. The summed E-state index contributed by atoms with van der Waals surface area (Å²) in [5.74, 6) is 2.64. The number of hydrogen-bond donors (Lipinski definition) is 1. The molecule has 0 radical (unpaired) electrons. The van der Waals surface area contributed by atoms with E-state index in [1.807, 2.05) is 53.4 Å². The zero-order valence-corrected chi connectivity index (χ0v) is 17.5. The Kier molecular flexibility index (Phi) is 6.92. The lowest BCUT2D eigenvalue weighted by Gasteiger charge is -2.19. The van der Waals surface area contributed by atoms with Crippen LogP contribution in [0.2, 0.25) is 0 Å².